The van der Waals surface area contributed by atoms with Crippen molar-refractivity contribution in [2.24, 2.45) is 0 Å². The van der Waals surface area contributed by atoms with Crippen molar-refractivity contribution in [1.29, 1.82) is 0 Å². The van der Waals surface area contributed by atoms with Crippen LogP contribution in [0.2, 0.25) is 0 Å². The topological polar surface area (TPSA) is 42.4 Å². The SMILES string of the molecule is Cc1ccc(OCC(=O)N(Cc2ccccc2)c2nc3c(F)cc(F)cc3s2)cc1. The fraction of sp³-hybridized carbons (Fsp3) is 0.130. The maximum absolute atomic E-state index is 14.1. The number of thiazole rings is 1. The highest BCUT2D eigenvalue weighted by atomic mass is 32.1. The lowest BCUT2D eigenvalue weighted by atomic mass is 10.2. The molecule has 4 nitrogen and oxygen atoms in total. The van der Waals surface area contributed by atoms with Gasteiger partial charge in [0.15, 0.2) is 17.6 Å². The molecule has 152 valence electrons. The van der Waals surface area contributed by atoms with Crippen molar-refractivity contribution in [1.82, 2.24) is 4.98 Å². The van der Waals surface area contributed by atoms with Crippen LogP contribution in [0.5, 0.6) is 5.75 Å². The second-order valence-corrected chi connectivity index (χ2v) is 7.81. The van der Waals surface area contributed by atoms with Crippen LogP contribution in [0.3, 0.4) is 0 Å². The summed E-state index contributed by atoms with van der Waals surface area (Å²) < 4.78 is 33.7. The van der Waals surface area contributed by atoms with E-state index < -0.39 is 11.6 Å². The normalized spacial score (nSPS) is 10.9. The quantitative estimate of drug-likeness (QED) is 0.411. The summed E-state index contributed by atoms with van der Waals surface area (Å²) in [7, 11) is 0. The average molecular weight is 424 g/mol. The van der Waals surface area contributed by atoms with Crippen molar-refractivity contribution in [3.05, 3.63) is 89.5 Å². The summed E-state index contributed by atoms with van der Waals surface area (Å²) >= 11 is 1.06. The van der Waals surface area contributed by atoms with Crippen LogP contribution in [0.15, 0.2) is 66.7 Å². The smallest absolute Gasteiger partial charge is 0.267 e. The molecule has 4 rings (SSSR count). The largest absolute Gasteiger partial charge is 0.484 e. The van der Waals surface area contributed by atoms with Gasteiger partial charge in [-0.25, -0.2) is 13.8 Å². The minimum Gasteiger partial charge on any atom is -0.484 e. The van der Waals surface area contributed by atoms with Crippen LogP contribution in [0.25, 0.3) is 10.2 Å². The molecule has 0 atom stereocenters. The summed E-state index contributed by atoms with van der Waals surface area (Å²) in [5.41, 5.74) is 2.01. The van der Waals surface area contributed by atoms with Crippen molar-refractivity contribution in [2.75, 3.05) is 11.5 Å². The highest BCUT2D eigenvalue weighted by Crippen LogP contribution is 2.32. The number of aromatic nitrogens is 1. The van der Waals surface area contributed by atoms with Crippen LogP contribution in [0.1, 0.15) is 11.1 Å². The van der Waals surface area contributed by atoms with Gasteiger partial charge in [-0.3, -0.25) is 9.69 Å². The zero-order valence-electron chi connectivity index (χ0n) is 16.1. The number of fused-ring (bicyclic) bond motifs is 1. The molecule has 1 heterocycles. The number of carbonyl (C=O) groups is 1. The van der Waals surface area contributed by atoms with Crippen LogP contribution < -0.4 is 9.64 Å². The Hall–Kier alpha value is -3.32. The van der Waals surface area contributed by atoms with Gasteiger partial charge in [0, 0.05) is 6.07 Å². The third-order valence-corrected chi connectivity index (χ3v) is 5.53. The predicted molar refractivity (Wildman–Crippen MR) is 114 cm³/mol. The number of anilines is 1. The van der Waals surface area contributed by atoms with Crippen molar-refractivity contribution < 1.29 is 18.3 Å². The molecule has 0 aliphatic carbocycles. The Bertz CT molecular complexity index is 1180. The molecule has 1 amide bonds. The maximum Gasteiger partial charge on any atom is 0.267 e. The van der Waals surface area contributed by atoms with Crippen LogP contribution >= 0.6 is 11.3 Å². The second-order valence-electron chi connectivity index (χ2n) is 6.80. The number of hydrogen-bond acceptors (Lipinski definition) is 4. The molecule has 0 fully saturated rings. The summed E-state index contributed by atoms with van der Waals surface area (Å²) in [4.78, 5) is 18.7. The van der Waals surface area contributed by atoms with Crippen molar-refractivity contribution >= 4 is 32.6 Å². The van der Waals surface area contributed by atoms with Gasteiger partial charge in [0.1, 0.15) is 17.1 Å². The molecule has 0 bridgehead atoms. The Morgan fingerprint density at radius 1 is 1.07 bits per heavy atom. The highest BCUT2D eigenvalue weighted by Gasteiger charge is 2.22. The summed E-state index contributed by atoms with van der Waals surface area (Å²) in [6.45, 7) is 2.00. The van der Waals surface area contributed by atoms with E-state index in [9.17, 15) is 13.6 Å². The summed E-state index contributed by atoms with van der Waals surface area (Å²) in [6, 6.07) is 18.8. The standard InChI is InChI=1S/C23H18F2N2O2S/c1-15-7-9-18(10-8-15)29-14-21(28)27(13-16-5-3-2-4-6-16)23-26-22-19(25)11-17(24)12-20(22)30-23/h2-12H,13-14H2,1H3. The van der Waals surface area contributed by atoms with E-state index in [2.05, 4.69) is 4.98 Å². The zero-order chi connectivity index (χ0) is 21.1. The fourth-order valence-corrected chi connectivity index (χ4v) is 3.97. The van der Waals surface area contributed by atoms with Crippen LogP contribution in [0.4, 0.5) is 13.9 Å². The Morgan fingerprint density at radius 2 is 1.80 bits per heavy atom. The molecule has 7 heteroatoms. The second kappa shape index (κ2) is 8.59. The monoisotopic (exact) mass is 424 g/mol. The van der Waals surface area contributed by atoms with Crippen molar-refractivity contribution in [3.63, 3.8) is 0 Å². The number of aryl methyl sites for hydroxylation is 1. The molecule has 0 radical (unpaired) electrons. The van der Waals surface area contributed by atoms with E-state index in [0.29, 0.717) is 10.4 Å². The predicted octanol–water partition coefficient (Wildman–Crippen LogP) is 5.50. The molecule has 0 spiro atoms. The van der Waals surface area contributed by atoms with E-state index >= 15 is 0 Å². The van der Waals surface area contributed by atoms with E-state index in [1.807, 2.05) is 49.4 Å². The highest BCUT2D eigenvalue weighted by molar-refractivity contribution is 7.22. The Kier molecular flexibility index (Phi) is 5.72. The van der Waals surface area contributed by atoms with Crippen LogP contribution in [-0.4, -0.2) is 17.5 Å². The van der Waals surface area contributed by atoms with Gasteiger partial charge in [-0.15, -0.1) is 0 Å². The Morgan fingerprint density at radius 3 is 2.53 bits per heavy atom. The molecular weight excluding hydrogens is 406 g/mol. The first-order valence-electron chi connectivity index (χ1n) is 9.29. The van der Waals surface area contributed by atoms with Gasteiger partial charge in [0.25, 0.3) is 5.91 Å². The Balaban J connectivity index is 1.63. The van der Waals surface area contributed by atoms with Gasteiger partial charge in [-0.2, -0.15) is 0 Å². The van der Waals surface area contributed by atoms with Gasteiger partial charge in [-0.05, 0) is 30.7 Å². The molecule has 30 heavy (non-hydrogen) atoms. The van der Waals surface area contributed by atoms with Gasteiger partial charge in [0.2, 0.25) is 0 Å². The van der Waals surface area contributed by atoms with Crippen LogP contribution in [-0.2, 0) is 11.3 Å². The average Bonchev–Trinajstić information content (AvgIpc) is 3.16. The molecule has 4 aromatic rings. The lowest BCUT2D eigenvalue weighted by molar-refractivity contribution is -0.120. The van der Waals surface area contributed by atoms with E-state index in [4.69, 9.17) is 4.74 Å². The molecule has 1 aromatic heterocycles. The van der Waals surface area contributed by atoms with Crippen molar-refractivity contribution in [2.45, 2.75) is 13.5 Å². The molecule has 3 aromatic carbocycles. The first kappa shape index (κ1) is 20.0. The van der Waals surface area contributed by atoms with Gasteiger partial charge >= 0.3 is 0 Å². The summed E-state index contributed by atoms with van der Waals surface area (Å²) in [5.74, 6) is -1.19. The number of nitrogens with zero attached hydrogens (tertiary/aromatic N) is 2. The third-order valence-electron chi connectivity index (χ3n) is 4.50. The maximum atomic E-state index is 14.1. The number of halogens is 2. The van der Waals surface area contributed by atoms with Gasteiger partial charge < -0.3 is 4.74 Å². The number of carbonyl (C=O) groups excluding carboxylic acids is 1. The number of amides is 1. The van der Waals surface area contributed by atoms with Gasteiger partial charge in [0.05, 0.1) is 11.2 Å². The van der Waals surface area contributed by atoms with E-state index in [1.165, 1.54) is 11.0 Å². The van der Waals surface area contributed by atoms with E-state index in [-0.39, 0.29) is 29.7 Å². The first-order valence-corrected chi connectivity index (χ1v) is 10.1. The molecule has 0 aliphatic heterocycles. The van der Waals surface area contributed by atoms with E-state index in [0.717, 1.165) is 28.5 Å². The summed E-state index contributed by atoms with van der Waals surface area (Å²) in [6.07, 6.45) is 0. The number of ether oxygens (including phenoxy) is 1. The van der Waals surface area contributed by atoms with E-state index in [1.54, 1.807) is 12.1 Å². The molecule has 0 saturated heterocycles. The lowest BCUT2D eigenvalue weighted by Gasteiger charge is -2.20. The van der Waals surface area contributed by atoms with Crippen LogP contribution in [0, 0.1) is 18.6 Å². The molecule has 0 unspecified atom stereocenters. The fourth-order valence-electron chi connectivity index (χ4n) is 2.95. The van der Waals surface area contributed by atoms with Gasteiger partial charge in [-0.1, -0.05) is 59.4 Å². The third kappa shape index (κ3) is 4.46. The number of hydrogen-bond donors (Lipinski definition) is 0. The molecule has 0 saturated carbocycles. The van der Waals surface area contributed by atoms with Crippen molar-refractivity contribution in [3.8, 4) is 5.75 Å². The summed E-state index contributed by atoms with van der Waals surface area (Å²) in [5, 5.41) is 0.288. The number of benzene rings is 3. The Labute approximate surface area is 176 Å². The minimum atomic E-state index is -0.754. The molecule has 0 N–H and O–H groups in total. The lowest BCUT2D eigenvalue weighted by Crippen LogP contribution is -2.34. The number of rotatable bonds is 6. The minimum absolute atomic E-state index is 0.0433. The zero-order valence-corrected chi connectivity index (χ0v) is 17.0. The molecular formula is C23H18F2N2O2S. The first-order chi connectivity index (χ1) is 14.5. The molecule has 0 aliphatic rings.